The van der Waals surface area contributed by atoms with Crippen LogP contribution in [0.5, 0.6) is 0 Å². The molecule has 1 saturated carbocycles. The molecule has 2 atom stereocenters. The summed E-state index contributed by atoms with van der Waals surface area (Å²) in [4.78, 5) is 0. The molecule has 0 radical (unpaired) electrons. The zero-order chi connectivity index (χ0) is 9.73. The molecule has 13 heavy (non-hydrogen) atoms. The molecule has 1 fully saturated rings. The highest BCUT2D eigenvalue weighted by atomic mass is 15.0. The minimum atomic E-state index is 0.272. The molecule has 0 saturated heterocycles. The maximum Gasteiger partial charge on any atom is 0.0306 e. The van der Waals surface area contributed by atoms with Crippen LogP contribution in [0.25, 0.3) is 0 Å². The first-order valence-corrected chi connectivity index (χ1v) is 5.71. The molecule has 1 aliphatic carbocycles. The van der Waals surface area contributed by atoms with Crippen LogP contribution in [0.3, 0.4) is 0 Å². The van der Waals surface area contributed by atoms with Gasteiger partial charge >= 0.3 is 0 Å². The minimum absolute atomic E-state index is 0.272. The van der Waals surface area contributed by atoms with Gasteiger partial charge in [0.2, 0.25) is 0 Å². The maximum atomic E-state index is 5.88. The van der Waals surface area contributed by atoms with Crippen molar-refractivity contribution in [3.8, 4) is 0 Å². The van der Waals surface area contributed by atoms with Crippen LogP contribution in [0.1, 0.15) is 46.0 Å². The zero-order valence-corrected chi connectivity index (χ0v) is 9.10. The molecule has 2 nitrogen and oxygen atoms in total. The lowest BCUT2D eigenvalue weighted by Crippen LogP contribution is -2.53. The van der Waals surface area contributed by atoms with Crippen LogP contribution in [0.4, 0.5) is 0 Å². The van der Waals surface area contributed by atoms with Gasteiger partial charge in [-0.2, -0.15) is 0 Å². The number of hydrogen-bond acceptors (Lipinski definition) is 2. The van der Waals surface area contributed by atoms with Gasteiger partial charge in [-0.15, -0.1) is 0 Å². The van der Waals surface area contributed by atoms with Crippen molar-refractivity contribution in [1.29, 1.82) is 0 Å². The molecule has 3 N–H and O–H groups in total. The standard InChI is InChI=1S/C11H24N2/c1-3-10-6-5-7-11(8-10,9-12)13-4-2/h10,13H,3-9,12H2,1-2H3. The van der Waals surface area contributed by atoms with E-state index in [0.29, 0.717) is 0 Å². The van der Waals surface area contributed by atoms with Crippen molar-refractivity contribution in [2.45, 2.75) is 51.5 Å². The molecule has 1 rings (SSSR count). The van der Waals surface area contributed by atoms with Gasteiger partial charge in [0.1, 0.15) is 0 Å². The Bertz CT molecular complexity index is 143. The summed E-state index contributed by atoms with van der Waals surface area (Å²) in [5, 5.41) is 3.59. The second-order valence-electron chi connectivity index (χ2n) is 4.39. The predicted molar refractivity (Wildman–Crippen MR) is 57.7 cm³/mol. The number of hydrogen-bond donors (Lipinski definition) is 2. The van der Waals surface area contributed by atoms with Gasteiger partial charge in [0.15, 0.2) is 0 Å². The van der Waals surface area contributed by atoms with Gasteiger partial charge in [-0.1, -0.05) is 33.1 Å². The predicted octanol–water partition coefficient (Wildman–Crippen LogP) is 1.89. The number of likely N-dealkylation sites (N-methyl/N-ethyl adjacent to an activating group) is 1. The normalized spacial score (nSPS) is 34.8. The SMILES string of the molecule is CCNC1(CN)CCCC(CC)C1. The van der Waals surface area contributed by atoms with E-state index in [1.807, 2.05) is 0 Å². The van der Waals surface area contributed by atoms with E-state index in [2.05, 4.69) is 19.2 Å². The van der Waals surface area contributed by atoms with E-state index in [4.69, 9.17) is 5.73 Å². The second-order valence-corrected chi connectivity index (χ2v) is 4.39. The van der Waals surface area contributed by atoms with Crippen molar-refractivity contribution in [3.05, 3.63) is 0 Å². The first-order valence-electron chi connectivity index (χ1n) is 5.71. The van der Waals surface area contributed by atoms with Crippen LogP contribution in [0.2, 0.25) is 0 Å². The van der Waals surface area contributed by atoms with E-state index in [1.165, 1.54) is 32.1 Å². The molecule has 78 valence electrons. The minimum Gasteiger partial charge on any atom is -0.329 e. The summed E-state index contributed by atoms with van der Waals surface area (Å²) in [5.41, 5.74) is 6.15. The quantitative estimate of drug-likeness (QED) is 0.700. The van der Waals surface area contributed by atoms with Crippen molar-refractivity contribution in [3.63, 3.8) is 0 Å². The molecule has 0 heterocycles. The summed E-state index contributed by atoms with van der Waals surface area (Å²) in [6, 6.07) is 0. The first-order chi connectivity index (χ1) is 6.26. The van der Waals surface area contributed by atoms with E-state index in [0.717, 1.165) is 19.0 Å². The molecule has 0 bridgehead atoms. The number of nitrogens with two attached hydrogens (primary N) is 1. The Labute approximate surface area is 82.3 Å². The average Bonchev–Trinajstić information content (AvgIpc) is 2.19. The van der Waals surface area contributed by atoms with Crippen LogP contribution in [-0.4, -0.2) is 18.6 Å². The lowest BCUT2D eigenvalue weighted by molar-refractivity contribution is 0.184. The van der Waals surface area contributed by atoms with Gasteiger partial charge in [-0.3, -0.25) is 0 Å². The Morgan fingerprint density at radius 2 is 2.23 bits per heavy atom. The molecular formula is C11H24N2. The average molecular weight is 184 g/mol. The van der Waals surface area contributed by atoms with E-state index < -0.39 is 0 Å². The highest BCUT2D eigenvalue weighted by Crippen LogP contribution is 2.33. The van der Waals surface area contributed by atoms with Crippen molar-refractivity contribution >= 4 is 0 Å². The Hall–Kier alpha value is -0.0800. The lowest BCUT2D eigenvalue weighted by atomic mass is 9.74. The van der Waals surface area contributed by atoms with Crippen molar-refractivity contribution in [1.82, 2.24) is 5.32 Å². The second kappa shape index (κ2) is 4.97. The van der Waals surface area contributed by atoms with Crippen LogP contribution < -0.4 is 11.1 Å². The molecule has 2 heteroatoms. The van der Waals surface area contributed by atoms with E-state index in [-0.39, 0.29) is 5.54 Å². The third-order valence-corrected chi connectivity index (χ3v) is 3.47. The largest absolute Gasteiger partial charge is 0.329 e. The van der Waals surface area contributed by atoms with Crippen molar-refractivity contribution in [2.24, 2.45) is 11.7 Å². The van der Waals surface area contributed by atoms with Crippen molar-refractivity contribution < 1.29 is 0 Å². The van der Waals surface area contributed by atoms with Crippen LogP contribution >= 0.6 is 0 Å². The molecule has 0 aromatic rings. The van der Waals surface area contributed by atoms with Gasteiger partial charge in [-0.25, -0.2) is 0 Å². The van der Waals surface area contributed by atoms with Gasteiger partial charge in [-0.05, 0) is 25.3 Å². The van der Waals surface area contributed by atoms with Crippen LogP contribution in [0.15, 0.2) is 0 Å². The van der Waals surface area contributed by atoms with E-state index in [9.17, 15) is 0 Å². The topological polar surface area (TPSA) is 38.0 Å². The van der Waals surface area contributed by atoms with Gasteiger partial charge < -0.3 is 11.1 Å². The van der Waals surface area contributed by atoms with Gasteiger partial charge in [0.25, 0.3) is 0 Å². The Kier molecular flexibility index (Phi) is 4.20. The molecule has 0 aliphatic heterocycles. The highest BCUT2D eigenvalue weighted by Gasteiger charge is 2.33. The van der Waals surface area contributed by atoms with Crippen molar-refractivity contribution in [2.75, 3.05) is 13.1 Å². The monoisotopic (exact) mass is 184 g/mol. The summed E-state index contributed by atoms with van der Waals surface area (Å²) >= 11 is 0. The molecule has 2 unspecified atom stereocenters. The number of rotatable bonds is 4. The van der Waals surface area contributed by atoms with E-state index in [1.54, 1.807) is 0 Å². The fraction of sp³-hybridized carbons (Fsp3) is 1.00. The fourth-order valence-corrected chi connectivity index (χ4v) is 2.63. The molecule has 0 aromatic carbocycles. The summed E-state index contributed by atoms with van der Waals surface area (Å²) in [7, 11) is 0. The molecular weight excluding hydrogens is 160 g/mol. The highest BCUT2D eigenvalue weighted by molar-refractivity contribution is 4.93. The zero-order valence-electron chi connectivity index (χ0n) is 9.10. The van der Waals surface area contributed by atoms with Gasteiger partial charge in [0.05, 0.1) is 0 Å². The smallest absolute Gasteiger partial charge is 0.0306 e. The van der Waals surface area contributed by atoms with Crippen LogP contribution in [-0.2, 0) is 0 Å². The maximum absolute atomic E-state index is 5.88. The Morgan fingerprint density at radius 1 is 1.46 bits per heavy atom. The molecule has 0 spiro atoms. The third-order valence-electron chi connectivity index (χ3n) is 3.47. The molecule has 1 aliphatic rings. The van der Waals surface area contributed by atoms with E-state index >= 15 is 0 Å². The molecule has 0 amide bonds. The Morgan fingerprint density at radius 3 is 2.77 bits per heavy atom. The fourth-order valence-electron chi connectivity index (χ4n) is 2.63. The lowest BCUT2D eigenvalue weighted by Gasteiger charge is -2.40. The first kappa shape index (κ1) is 11.0. The Balaban J connectivity index is 2.53. The summed E-state index contributed by atoms with van der Waals surface area (Å²) < 4.78 is 0. The molecule has 0 aromatic heterocycles. The summed E-state index contributed by atoms with van der Waals surface area (Å²) in [6.07, 6.45) is 6.63. The summed E-state index contributed by atoms with van der Waals surface area (Å²) in [5.74, 6) is 0.899. The van der Waals surface area contributed by atoms with Gasteiger partial charge in [0, 0.05) is 12.1 Å². The third kappa shape index (κ3) is 2.68. The number of nitrogens with one attached hydrogen (secondary N) is 1. The summed E-state index contributed by atoms with van der Waals surface area (Å²) in [6.45, 7) is 6.32. The van der Waals surface area contributed by atoms with Crippen LogP contribution in [0, 0.1) is 5.92 Å².